The van der Waals surface area contributed by atoms with E-state index < -0.39 is 0 Å². The van der Waals surface area contributed by atoms with E-state index in [0.29, 0.717) is 4.47 Å². The lowest BCUT2D eigenvalue weighted by molar-refractivity contribution is 0.594. The van der Waals surface area contributed by atoms with Crippen molar-refractivity contribution in [1.29, 1.82) is 0 Å². The van der Waals surface area contributed by atoms with E-state index in [1.807, 2.05) is 12.1 Å². The largest absolute Gasteiger partial charge is 0.306 e. The summed E-state index contributed by atoms with van der Waals surface area (Å²) in [5.74, 6) is -0.218. The number of benzene rings is 1. The van der Waals surface area contributed by atoms with Gasteiger partial charge in [0.1, 0.15) is 5.82 Å². The van der Waals surface area contributed by atoms with E-state index in [1.54, 1.807) is 11.3 Å². The predicted molar refractivity (Wildman–Crippen MR) is 87.9 cm³/mol. The molecule has 0 saturated carbocycles. The molecule has 0 saturated heterocycles. The van der Waals surface area contributed by atoms with Crippen LogP contribution in [0, 0.1) is 5.82 Å². The van der Waals surface area contributed by atoms with Crippen LogP contribution in [0.5, 0.6) is 0 Å². The summed E-state index contributed by atoms with van der Waals surface area (Å²) in [6.45, 7) is 5.27. The molecule has 0 amide bonds. The van der Waals surface area contributed by atoms with Crippen LogP contribution in [0.3, 0.4) is 0 Å². The van der Waals surface area contributed by atoms with Crippen LogP contribution in [-0.2, 0) is 6.42 Å². The van der Waals surface area contributed by atoms with Gasteiger partial charge in [-0.3, -0.25) is 0 Å². The summed E-state index contributed by atoms with van der Waals surface area (Å²) >= 11 is 5.05. The number of halogens is 2. The Bertz CT molecular complexity index is 567. The van der Waals surface area contributed by atoms with Crippen LogP contribution in [-0.4, -0.2) is 6.54 Å². The first-order valence-corrected chi connectivity index (χ1v) is 8.59. The van der Waals surface area contributed by atoms with Gasteiger partial charge in [0, 0.05) is 4.88 Å². The van der Waals surface area contributed by atoms with E-state index in [-0.39, 0.29) is 11.9 Å². The van der Waals surface area contributed by atoms with Crippen LogP contribution in [0.1, 0.15) is 42.3 Å². The molecule has 1 heterocycles. The van der Waals surface area contributed by atoms with Crippen LogP contribution in [0.4, 0.5) is 4.39 Å². The molecule has 1 nitrogen and oxygen atoms in total. The number of hydrogen-bond acceptors (Lipinski definition) is 2. The summed E-state index contributed by atoms with van der Waals surface area (Å²) in [6.07, 6.45) is 2.09. The first kappa shape index (κ1) is 15.7. The van der Waals surface area contributed by atoms with E-state index in [2.05, 4.69) is 46.5 Å². The van der Waals surface area contributed by atoms with E-state index in [9.17, 15) is 4.39 Å². The van der Waals surface area contributed by atoms with Crippen LogP contribution < -0.4 is 5.32 Å². The number of hydrogen-bond donors (Lipinski definition) is 1. The molecule has 1 aromatic heterocycles. The minimum Gasteiger partial charge on any atom is -0.306 e. The van der Waals surface area contributed by atoms with Gasteiger partial charge in [-0.25, -0.2) is 4.39 Å². The molecule has 2 aromatic rings. The molecule has 1 N–H and O–H groups in total. The standard InChI is InChI=1S/C16H19BrFNS/c1-3-8-19-15(16-11(4-2)7-9-20-16)12-5-6-14(18)13(17)10-12/h5-7,9-10,15,19H,3-4,8H2,1-2H3. The fourth-order valence-corrected chi connectivity index (χ4v) is 3.73. The summed E-state index contributed by atoms with van der Waals surface area (Å²) < 4.78 is 14.0. The number of nitrogens with one attached hydrogen (secondary N) is 1. The fourth-order valence-electron chi connectivity index (χ4n) is 2.24. The zero-order chi connectivity index (χ0) is 14.5. The van der Waals surface area contributed by atoms with Gasteiger partial charge < -0.3 is 5.32 Å². The number of thiophene rings is 1. The Morgan fingerprint density at radius 1 is 1.30 bits per heavy atom. The van der Waals surface area contributed by atoms with Crippen LogP contribution in [0.15, 0.2) is 34.1 Å². The van der Waals surface area contributed by atoms with E-state index in [1.165, 1.54) is 16.5 Å². The third-order valence-electron chi connectivity index (χ3n) is 3.30. The van der Waals surface area contributed by atoms with Crippen molar-refractivity contribution in [3.63, 3.8) is 0 Å². The molecule has 0 aliphatic heterocycles. The van der Waals surface area contributed by atoms with Crippen molar-refractivity contribution in [1.82, 2.24) is 5.32 Å². The Balaban J connectivity index is 2.38. The van der Waals surface area contributed by atoms with Crippen molar-refractivity contribution >= 4 is 27.3 Å². The SMILES string of the molecule is CCCNC(c1ccc(F)c(Br)c1)c1sccc1CC. The molecule has 2 rings (SSSR count). The Hall–Kier alpha value is -0.710. The van der Waals surface area contributed by atoms with Crippen molar-refractivity contribution < 1.29 is 4.39 Å². The molecule has 0 fully saturated rings. The maximum atomic E-state index is 13.4. The summed E-state index contributed by atoms with van der Waals surface area (Å²) in [7, 11) is 0. The van der Waals surface area contributed by atoms with Gasteiger partial charge >= 0.3 is 0 Å². The first-order chi connectivity index (χ1) is 9.67. The lowest BCUT2D eigenvalue weighted by Gasteiger charge is -2.20. The predicted octanol–water partition coefficient (Wildman–Crippen LogP) is 5.30. The molecular weight excluding hydrogens is 337 g/mol. The maximum Gasteiger partial charge on any atom is 0.137 e. The molecule has 1 atom stereocenters. The lowest BCUT2D eigenvalue weighted by atomic mass is 10.0. The highest BCUT2D eigenvalue weighted by atomic mass is 79.9. The fraction of sp³-hybridized carbons (Fsp3) is 0.375. The maximum absolute atomic E-state index is 13.4. The Morgan fingerprint density at radius 2 is 2.10 bits per heavy atom. The Kier molecular flexibility index (Phi) is 5.75. The van der Waals surface area contributed by atoms with E-state index in [0.717, 1.165) is 24.9 Å². The average molecular weight is 356 g/mol. The Morgan fingerprint density at radius 3 is 2.75 bits per heavy atom. The third-order valence-corrected chi connectivity index (χ3v) is 4.93. The first-order valence-electron chi connectivity index (χ1n) is 6.92. The molecule has 0 spiro atoms. The van der Waals surface area contributed by atoms with Crippen molar-refractivity contribution in [3.05, 3.63) is 55.9 Å². The molecule has 0 aliphatic rings. The second-order valence-corrected chi connectivity index (χ2v) is 6.53. The molecule has 0 radical (unpaired) electrons. The molecule has 4 heteroatoms. The normalized spacial score (nSPS) is 12.6. The zero-order valence-electron chi connectivity index (χ0n) is 11.7. The molecule has 1 unspecified atom stereocenters. The minimum atomic E-state index is -0.218. The molecular formula is C16H19BrFNS. The van der Waals surface area contributed by atoms with Crippen molar-refractivity contribution in [2.24, 2.45) is 0 Å². The quantitative estimate of drug-likeness (QED) is 0.741. The molecule has 108 valence electrons. The molecule has 1 aromatic carbocycles. The summed E-state index contributed by atoms with van der Waals surface area (Å²) in [4.78, 5) is 1.33. The second-order valence-electron chi connectivity index (χ2n) is 4.72. The highest BCUT2D eigenvalue weighted by Crippen LogP contribution is 2.32. The minimum absolute atomic E-state index is 0.141. The van der Waals surface area contributed by atoms with Crippen LogP contribution in [0.25, 0.3) is 0 Å². The third kappa shape index (κ3) is 3.48. The van der Waals surface area contributed by atoms with Crippen molar-refractivity contribution in [3.8, 4) is 0 Å². The van der Waals surface area contributed by atoms with Gasteiger partial charge in [0.25, 0.3) is 0 Å². The monoisotopic (exact) mass is 355 g/mol. The van der Waals surface area contributed by atoms with Crippen LogP contribution in [0.2, 0.25) is 0 Å². The number of rotatable bonds is 6. The average Bonchev–Trinajstić information content (AvgIpc) is 2.91. The van der Waals surface area contributed by atoms with Gasteiger partial charge in [0.15, 0.2) is 0 Å². The van der Waals surface area contributed by atoms with Crippen molar-refractivity contribution in [2.45, 2.75) is 32.7 Å². The topological polar surface area (TPSA) is 12.0 Å². The van der Waals surface area contributed by atoms with Crippen molar-refractivity contribution in [2.75, 3.05) is 6.54 Å². The number of aryl methyl sites for hydroxylation is 1. The summed E-state index contributed by atoms with van der Waals surface area (Å²) in [5.41, 5.74) is 2.47. The second kappa shape index (κ2) is 7.34. The van der Waals surface area contributed by atoms with Gasteiger partial charge in [0.2, 0.25) is 0 Å². The molecule has 0 aliphatic carbocycles. The van der Waals surface area contributed by atoms with Gasteiger partial charge in [-0.1, -0.05) is 19.9 Å². The zero-order valence-corrected chi connectivity index (χ0v) is 14.2. The summed E-state index contributed by atoms with van der Waals surface area (Å²) in [5, 5.41) is 5.71. The summed E-state index contributed by atoms with van der Waals surface area (Å²) in [6, 6.07) is 7.59. The van der Waals surface area contributed by atoms with Gasteiger partial charge in [-0.2, -0.15) is 0 Å². The Labute approximate surface area is 132 Å². The highest BCUT2D eigenvalue weighted by molar-refractivity contribution is 9.10. The van der Waals surface area contributed by atoms with Gasteiger partial charge in [0.05, 0.1) is 10.5 Å². The lowest BCUT2D eigenvalue weighted by Crippen LogP contribution is -2.23. The van der Waals surface area contributed by atoms with Crippen LogP contribution >= 0.6 is 27.3 Å². The highest BCUT2D eigenvalue weighted by Gasteiger charge is 2.18. The molecule has 20 heavy (non-hydrogen) atoms. The van der Waals surface area contributed by atoms with E-state index in [4.69, 9.17) is 0 Å². The molecule has 0 bridgehead atoms. The smallest absolute Gasteiger partial charge is 0.137 e. The van der Waals surface area contributed by atoms with Gasteiger partial charge in [-0.15, -0.1) is 11.3 Å². The van der Waals surface area contributed by atoms with Gasteiger partial charge in [-0.05, 0) is 70.0 Å². The van der Waals surface area contributed by atoms with E-state index >= 15 is 0 Å².